The number of benzene rings is 1. The van der Waals surface area contributed by atoms with Gasteiger partial charge < -0.3 is 20.1 Å². The van der Waals surface area contributed by atoms with Gasteiger partial charge >= 0.3 is 5.97 Å². The van der Waals surface area contributed by atoms with Crippen molar-refractivity contribution in [3.63, 3.8) is 0 Å². The number of rotatable bonds is 4. The van der Waals surface area contributed by atoms with Crippen molar-refractivity contribution < 1.29 is 15.0 Å². The number of fused-ring (bicyclic) bond motifs is 1. The number of carboxylic acids is 1. The van der Waals surface area contributed by atoms with E-state index >= 15 is 0 Å². The molecule has 132 valence electrons. The van der Waals surface area contributed by atoms with E-state index in [1.807, 2.05) is 41.0 Å². The first-order chi connectivity index (χ1) is 10.7. The van der Waals surface area contributed by atoms with E-state index in [2.05, 4.69) is 5.32 Å². The monoisotopic (exact) mass is 372 g/mol. The van der Waals surface area contributed by atoms with Gasteiger partial charge in [0.2, 0.25) is 0 Å². The average Bonchev–Trinajstić information content (AvgIpc) is 2.89. The summed E-state index contributed by atoms with van der Waals surface area (Å²) >= 11 is 0. The molecule has 5 nitrogen and oxygen atoms in total. The molecule has 0 amide bonds. The summed E-state index contributed by atoms with van der Waals surface area (Å²) in [6, 6.07) is 7.47. The number of nitrogens with zero attached hydrogens (tertiary/aromatic N) is 1. The van der Waals surface area contributed by atoms with Crippen LogP contribution in [0.4, 0.5) is 0 Å². The van der Waals surface area contributed by atoms with Crippen LogP contribution in [0.25, 0.3) is 10.9 Å². The second-order valence-electron chi connectivity index (χ2n) is 5.64. The van der Waals surface area contributed by atoms with Crippen molar-refractivity contribution in [2.75, 3.05) is 6.54 Å². The number of hydrogen-bond donors (Lipinski definition) is 3. The van der Waals surface area contributed by atoms with Gasteiger partial charge in [-0.2, -0.15) is 0 Å². The molecule has 0 spiro atoms. The van der Waals surface area contributed by atoms with Crippen LogP contribution in [0.15, 0.2) is 42.6 Å². The maximum Gasteiger partial charge on any atom is 0.337 e. The molecule has 7 heteroatoms. The summed E-state index contributed by atoms with van der Waals surface area (Å²) in [5.41, 5.74) is 1.22. The van der Waals surface area contributed by atoms with E-state index in [-0.39, 0.29) is 37.0 Å². The molecule has 1 aromatic heterocycles. The quantitative estimate of drug-likeness (QED) is 0.721. The Morgan fingerprint density at radius 1 is 1.33 bits per heavy atom. The molecule has 1 aromatic carbocycles. The number of aromatic carboxylic acids is 1. The Kier molecular flexibility index (Phi) is 7.76. The second kappa shape index (κ2) is 9.08. The molecule has 24 heavy (non-hydrogen) atoms. The van der Waals surface area contributed by atoms with Gasteiger partial charge in [-0.15, -0.1) is 24.8 Å². The topological polar surface area (TPSA) is 74.5 Å². The zero-order chi connectivity index (χ0) is 15.5. The first-order valence-corrected chi connectivity index (χ1v) is 7.56. The van der Waals surface area contributed by atoms with E-state index < -0.39 is 5.97 Å². The number of carboxylic acid groups (broad SMARTS) is 1. The molecule has 2 aromatic rings. The third kappa shape index (κ3) is 4.30. The van der Waals surface area contributed by atoms with Crippen molar-refractivity contribution in [1.29, 1.82) is 0 Å². The minimum absolute atomic E-state index is 0. The Hall–Kier alpha value is -1.53. The van der Waals surface area contributed by atoms with Gasteiger partial charge in [-0.1, -0.05) is 30.4 Å². The van der Waals surface area contributed by atoms with Crippen LogP contribution in [-0.2, 0) is 6.54 Å². The number of allylic oxidation sites excluding steroid dienone is 1. The zero-order valence-corrected chi connectivity index (χ0v) is 14.7. The van der Waals surface area contributed by atoms with Crippen molar-refractivity contribution in [3.05, 3.63) is 48.2 Å². The lowest BCUT2D eigenvalue weighted by atomic mass is 10.0. The number of aromatic nitrogens is 1. The molecular weight excluding hydrogens is 351 g/mol. The van der Waals surface area contributed by atoms with Gasteiger partial charge in [-0.25, -0.2) is 4.79 Å². The van der Waals surface area contributed by atoms with E-state index in [4.69, 9.17) is 0 Å². The Morgan fingerprint density at radius 3 is 2.79 bits per heavy atom. The predicted molar refractivity (Wildman–Crippen MR) is 99.6 cm³/mol. The number of para-hydroxylation sites is 1. The Bertz CT molecular complexity index is 715. The molecule has 3 N–H and O–H groups in total. The standard InChI is InChI=1S/C17H20N2O3.2ClH/c20-16-8-3-9-18-14(16)6-4-10-19-11-13(17(21)22)12-5-1-2-7-15(12)19;;/h1-2,4-7,11,14,16,18,20H,3,8-10H2,(H,21,22);2*1H/b6-4+;;/t14-,16+;;/m1../s1. The summed E-state index contributed by atoms with van der Waals surface area (Å²) in [6.07, 6.45) is 7.08. The summed E-state index contributed by atoms with van der Waals surface area (Å²) in [7, 11) is 0. The number of nitrogens with one attached hydrogen (secondary N) is 1. The largest absolute Gasteiger partial charge is 0.478 e. The van der Waals surface area contributed by atoms with Gasteiger partial charge in [0.05, 0.1) is 17.7 Å². The highest BCUT2D eigenvalue weighted by molar-refractivity contribution is 6.03. The Labute approximate surface area is 153 Å². The van der Waals surface area contributed by atoms with Gasteiger partial charge in [0.25, 0.3) is 0 Å². The molecule has 1 saturated heterocycles. The molecule has 0 aliphatic carbocycles. The molecule has 2 heterocycles. The van der Waals surface area contributed by atoms with Crippen molar-refractivity contribution in [2.45, 2.75) is 31.5 Å². The highest BCUT2D eigenvalue weighted by Crippen LogP contribution is 2.21. The normalized spacial score (nSPS) is 20.5. The molecular formula is C17H22Cl2N2O3. The van der Waals surface area contributed by atoms with Crippen LogP contribution in [-0.4, -0.2) is 39.4 Å². The lowest BCUT2D eigenvalue weighted by Gasteiger charge is -2.26. The smallest absolute Gasteiger partial charge is 0.337 e. The second-order valence-corrected chi connectivity index (χ2v) is 5.64. The van der Waals surface area contributed by atoms with Gasteiger partial charge in [0.15, 0.2) is 0 Å². The summed E-state index contributed by atoms with van der Waals surface area (Å²) < 4.78 is 1.92. The molecule has 0 bridgehead atoms. The zero-order valence-electron chi connectivity index (χ0n) is 13.1. The van der Waals surface area contributed by atoms with E-state index in [1.165, 1.54) is 0 Å². The Morgan fingerprint density at radius 2 is 2.08 bits per heavy atom. The van der Waals surface area contributed by atoms with Gasteiger partial charge in [0, 0.05) is 23.6 Å². The number of piperidine rings is 1. The highest BCUT2D eigenvalue weighted by atomic mass is 35.5. The maximum atomic E-state index is 11.3. The molecule has 0 radical (unpaired) electrons. The van der Waals surface area contributed by atoms with Crippen LogP contribution >= 0.6 is 24.8 Å². The minimum Gasteiger partial charge on any atom is -0.478 e. The first-order valence-electron chi connectivity index (χ1n) is 7.56. The lowest BCUT2D eigenvalue weighted by molar-refractivity contribution is 0.0699. The van der Waals surface area contributed by atoms with Gasteiger partial charge in [-0.3, -0.25) is 0 Å². The fraction of sp³-hybridized carbons (Fsp3) is 0.353. The van der Waals surface area contributed by atoms with E-state index in [0.717, 1.165) is 30.3 Å². The van der Waals surface area contributed by atoms with Crippen LogP contribution in [0, 0.1) is 0 Å². The van der Waals surface area contributed by atoms with Gasteiger partial charge in [-0.05, 0) is 25.5 Å². The SMILES string of the molecule is Cl.Cl.O=C(O)c1cn(C/C=C/[C@H]2NCCC[C@@H]2O)c2ccccc12. The third-order valence-electron chi connectivity index (χ3n) is 4.14. The number of hydrogen-bond acceptors (Lipinski definition) is 3. The van der Waals surface area contributed by atoms with Crippen molar-refractivity contribution >= 4 is 41.7 Å². The highest BCUT2D eigenvalue weighted by Gasteiger charge is 2.19. The molecule has 2 atom stereocenters. The number of aliphatic hydroxyl groups excluding tert-OH is 1. The van der Waals surface area contributed by atoms with Gasteiger partial charge in [0.1, 0.15) is 0 Å². The maximum absolute atomic E-state index is 11.3. The molecule has 1 fully saturated rings. The van der Waals surface area contributed by atoms with E-state index in [9.17, 15) is 15.0 Å². The third-order valence-corrected chi connectivity index (χ3v) is 4.14. The molecule has 0 saturated carbocycles. The van der Waals surface area contributed by atoms with Crippen LogP contribution in [0.1, 0.15) is 23.2 Å². The number of halogens is 2. The molecule has 0 unspecified atom stereocenters. The summed E-state index contributed by atoms with van der Waals surface area (Å²) in [6.45, 7) is 1.50. The molecule has 1 aliphatic heterocycles. The predicted octanol–water partition coefficient (Wildman–Crippen LogP) is 2.85. The lowest BCUT2D eigenvalue weighted by Crippen LogP contribution is -2.43. The fourth-order valence-electron chi connectivity index (χ4n) is 2.98. The van der Waals surface area contributed by atoms with Crippen molar-refractivity contribution in [2.24, 2.45) is 0 Å². The first kappa shape index (κ1) is 20.5. The van der Waals surface area contributed by atoms with Crippen LogP contribution in [0.5, 0.6) is 0 Å². The number of carbonyl (C=O) groups is 1. The minimum atomic E-state index is -0.914. The summed E-state index contributed by atoms with van der Waals surface area (Å²) in [5, 5.41) is 23.2. The molecule has 3 rings (SSSR count). The van der Waals surface area contributed by atoms with E-state index in [0.29, 0.717) is 12.1 Å². The van der Waals surface area contributed by atoms with Crippen molar-refractivity contribution in [3.8, 4) is 0 Å². The average molecular weight is 373 g/mol. The fourth-order valence-corrected chi connectivity index (χ4v) is 2.98. The number of aliphatic hydroxyl groups is 1. The van der Waals surface area contributed by atoms with Crippen LogP contribution in [0.2, 0.25) is 0 Å². The molecule has 1 aliphatic rings. The van der Waals surface area contributed by atoms with Crippen molar-refractivity contribution in [1.82, 2.24) is 9.88 Å². The summed E-state index contributed by atoms with van der Waals surface area (Å²) in [4.78, 5) is 11.3. The van der Waals surface area contributed by atoms with E-state index in [1.54, 1.807) is 6.20 Å². The van der Waals surface area contributed by atoms with Crippen LogP contribution in [0.3, 0.4) is 0 Å². The Balaban J connectivity index is 0.00000144. The summed E-state index contributed by atoms with van der Waals surface area (Å²) in [5.74, 6) is -0.914. The van der Waals surface area contributed by atoms with Crippen LogP contribution < -0.4 is 5.32 Å².